The fraction of sp³-hybridized carbons (Fsp3) is 0.294. The molecule has 0 radical (unpaired) electrons. The highest BCUT2D eigenvalue weighted by Crippen LogP contribution is 2.44. The Morgan fingerprint density at radius 1 is 1.21 bits per heavy atom. The van der Waals surface area contributed by atoms with Crippen molar-refractivity contribution in [3.8, 4) is 0 Å². The van der Waals surface area contributed by atoms with Gasteiger partial charge in [0.05, 0.1) is 0 Å². The van der Waals surface area contributed by atoms with Gasteiger partial charge < -0.3 is 5.73 Å². The van der Waals surface area contributed by atoms with Crippen LogP contribution in [0.1, 0.15) is 35.6 Å². The third-order valence-electron chi connectivity index (χ3n) is 3.91. The second-order valence-electron chi connectivity index (χ2n) is 5.08. The molecule has 2 N–H and O–H groups in total. The predicted molar refractivity (Wildman–Crippen MR) is 82.7 cm³/mol. The summed E-state index contributed by atoms with van der Waals surface area (Å²) in [4.78, 5) is 1.40. The molecule has 2 atom stereocenters. The molecule has 3 rings (SSSR count). The number of nitrogens with two attached hydrogens (primary N) is 1. The van der Waals surface area contributed by atoms with E-state index in [1.54, 1.807) is 0 Å². The van der Waals surface area contributed by atoms with Crippen LogP contribution >= 0.6 is 11.8 Å². The molecular weight excluding hydrogens is 250 g/mol. The second kappa shape index (κ2) is 5.40. The van der Waals surface area contributed by atoms with Gasteiger partial charge in [-0.25, -0.2) is 0 Å². The lowest BCUT2D eigenvalue weighted by Crippen LogP contribution is -2.19. The summed E-state index contributed by atoms with van der Waals surface area (Å²) in [7, 11) is 0. The maximum atomic E-state index is 6.53. The van der Waals surface area contributed by atoms with Crippen LogP contribution in [0.5, 0.6) is 0 Å². The van der Waals surface area contributed by atoms with Crippen molar-refractivity contribution < 1.29 is 0 Å². The van der Waals surface area contributed by atoms with Crippen LogP contribution in [0.3, 0.4) is 0 Å². The lowest BCUT2D eigenvalue weighted by Gasteiger charge is -2.20. The van der Waals surface area contributed by atoms with Crippen molar-refractivity contribution in [3.63, 3.8) is 0 Å². The quantitative estimate of drug-likeness (QED) is 0.906. The fourth-order valence-corrected chi connectivity index (χ4v) is 4.04. The molecule has 0 saturated heterocycles. The van der Waals surface area contributed by atoms with E-state index in [0.717, 1.165) is 12.2 Å². The molecule has 0 aromatic heterocycles. The lowest BCUT2D eigenvalue weighted by atomic mass is 9.88. The second-order valence-corrected chi connectivity index (χ2v) is 6.14. The summed E-state index contributed by atoms with van der Waals surface area (Å²) in [5.41, 5.74) is 10.6. The highest BCUT2D eigenvalue weighted by atomic mass is 32.2. The molecule has 0 fully saturated rings. The average Bonchev–Trinajstić information content (AvgIpc) is 2.90. The van der Waals surface area contributed by atoms with Gasteiger partial charge in [-0.05, 0) is 29.2 Å². The molecule has 2 unspecified atom stereocenters. The Labute approximate surface area is 119 Å². The van der Waals surface area contributed by atoms with Crippen molar-refractivity contribution in [1.82, 2.24) is 0 Å². The van der Waals surface area contributed by atoms with Crippen LogP contribution in [-0.2, 0) is 6.42 Å². The molecule has 0 saturated carbocycles. The smallest absolute Gasteiger partial charge is 0.0373 e. The van der Waals surface area contributed by atoms with Gasteiger partial charge in [-0.15, -0.1) is 11.8 Å². The van der Waals surface area contributed by atoms with E-state index < -0.39 is 0 Å². The number of hydrogen-bond acceptors (Lipinski definition) is 2. The zero-order chi connectivity index (χ0) is 13.2. The number of hydrogen-bond donors (Lipinski definition) is 1. The minimum Gasteiger partial charge on any atom is -0.323 e. The highest BCUT2D eigenvalue weighted by molar-refractivity contribution is 7.99. The summed E-state index contributed by atoms with van der Waals surface area (Å²) in [6.45, 7) is 2.19. The van der Waals surface area contributed by atoms with Crippen molar-refractivity contribution >= 4 is 11.8 Å². The van der Waals surface area contributed by atoms with E-state index in [1.807, 2.05) is 11.8 Å². The first-order chi connectivity index (χ1) is 9.29. The van der Waals surface area contributed by atoms with Gasteiger partial charge in [-0.2, -0.15) is 0 Å². The molecule has 1 aliphatic heterocycles. The summed E-state index contributed by atoms with van der Waals surface area (Å²) in [5, 5.41) is 0. The van der Waals surface area contributed by atoms with E-state index in [-0.39, 0.29) is 6.04 Å². The molecule has 0 amide bonds. The Hall–Kier alpha value is -1.25. The minimum absolute atomic E-state index is 0.0997. The van der Waals surface area contributed by atoms with E-state index in [2.05, 4.69) is 55.5 Å². The molecule has 1 heterocycles. The molecule has 19 heavy (non-hydrogen) atoms. The minimum atomic E-state index is 0.0997. The van der Waals surface area contributed by atoms with Gasteiger partial charge in [0, 0.05) is 22.6 Å². The van der Waals surface area contributed by atoms with Crippen molar-refractivity contribution in [2.45, 2.75) is 30.2 Å². The molecule has 2 aromatic carbocycles. The van der Waals surface area contributed by atoms with Gasteiger partial charge in [0.2, 0.25) is 0 Å². The summed E-state index contributed by atoms with van der Waals surface area (Å²) in [6, 6.07) is 17.5. The van der Waals surface area contributed by atoms with Crippen molar-refractivity contribution in [3.05, 3.63) is 65.2 Å². The topological polar surface area (TPSA) is 26.0 Å². The van der Waals surface area contributed by atoms with E-state index in [0.29, 0.717) is 5.92 Å². The summed E-state index contributed by atoms with van der Waals surface area (Å²) >= 11 is 1.93. The Bertz CT molecular complexity index is 579. The maximum absolute atomic E-state index is 6.53. The van der Waals surface area contributed by atoms with E-state index >= 15 is 0 Å². The van der Waals surface area contributed by atoms with Gasteiger partial charge in [0.15, 0.2) is 0 Å². The van der Waals surface area contributed by atoms with Crippen LogP contribution in [0.4, 0.5) is 0 Å². The van der Waals surface area contributed by atoms with Crippen LogP contribution in [0.25, 0.3) is 0 Å². The Morgan fingerprint density at radius 2 is 2.05 bits per heavy atom. The maximum Gasteiger partial charge on any atom is 0.0373 e. The number of aryl methyl sites for hydroxylation is 1. The molecule has 2 aromatic rings. The molecule has 0 bridgehead atoms. The number of rotatable bonds is 3. The van der Waals surface area contributed by atoms with Gasteiger partial charge in [-0.3, -0.25) is 0 Å². The van der Waals surface area contributed by atoms with E-state index in [4.69, 9.17) is 5.73 Å². The molecule has 1 nitrogen and oxygen atoms in total. The number of thioether (sulfide) groups is 1. The van der Waals surface area contributed by atoms with Crippen LogP contribution in [-0.4, -0.2) is 5.75 Å². The Balaban J connectivity index is 1.90. The standard InChI is InChI=1S/C17H19NS/c1-2-12-6-5-7-13(10-12)17(18)15-11-19-16-9-4-3-8-14(15)16/h3-10,15,17H,2,11,18H2,1H3. The summed E-state index contributed by atoms with van der Waals surface area (Å²) in [6.07, 6.45) is 1.07. The third kappa shape index (κ3) is 2.43. The molecule has 1 aliphatic rings. The van der Waals surface area contributed by atoms with Crippen LogP contribution in [0, 0.1) is 0 Å². The van der Waals surface area contributed by atoms with Crippen LogP contribution in [0.2, 0.25) is 0 Å². The van der Waals surface area contributed by atoms with E-state index in [1.165, 1.54) is 21.6 Å². The van der Waals surface area contributed by atoms with Crippen LogP contribution in [0.15, 0.2) is 53.4 Å². The summed E-state index contributed by atoms with van der Waals surface area (Å²) in [5.74, 6) is 1.53. The molecule has 2 heteroatoms. The third-order valence-corrected chi connectivity index (χ3v) is 5.12. The zero-order valence-corrected chi connectivity index (χ0v) is 12.0. The largest absolute Gasteiger partial charge is 0.323 e. The first kappa shape index (κ1) is 12.8. The van der Waals surface area contributed by atoms with Crippen molar-refractivity contribution in [2.75, 3.05) is 5.75 Å². The average molecular weight is 269 g/mol. The zero-order valence-electron chi connectivity index (χ0n) is 11.2. The first-order valence-corrected chi connectivity index (χ1v) is 7.84. The van der Waals surface area contributed by atoms with Crippen LogP contribution < -0.4 is 5.73 Å². The highest BCUT2D eigenvalue weighted by Gasteiger charge is 2.28. The molecular formula is C17H19NS. The van der Waals surface area contributed by atoms with Gasteiger partial charge in [0.1, 0.15) is 0 Å². The SMILES string of the molecule is CCc1cccc(C(N)C2CSc3ccccc32)c1. The van der Waals surface area contributed by atoms with Gasteiger partial charge in [-0.1, -0.05) is 49.4 Å². The lowest BCUT2D eigenvalue weighted by molar-refractivity contribution is 0.607. The Kier molecular flexibility index (Phi) is 3.63. The molecule has 0 aliphatic carbocycles. The Morgan fingerprint density at radius 3 is 2.89 bits per heavy atom. The number of fused-ring (bicyclic) bond motifs is 1. The van der Waals surface area contributed by atoms with Gasteiger partial charge >= 0.3 is 0 Å². The first-order valence-electron chi connectivity index (χ1n) is 6.85. The molecule has 98 valence electrons. The van der Waals surface area contributed by atoms with E-state index in [9.17, 15) is 0 Å². The molecule has 0 spiro atoms. The van der Waals surface area contributed by atoms with Gasteiger partial charge in [0.25, 0.3) is 0 Å². The monoisotopic (exact) mass is 269 g/mol. The number of benzene rings is 2. The summed E-state index contributed by atoms with van der Waals surface area (Å²) < 4.78 is 0. The fourth-order valence-electron chi connectivity index (χ4n) is 2.74. The predicted octanol–water partition coefficient (Wildman–Crippen LogP) is 4.14. The van der Waals surface area contributed by atoms with Crippen molar-refractivity contribution in [1.29, 1.82) is 0 Å². The normalized spacial score (nSPS) is 19.2. The van der Waals surface area contributed by atoms with Crippen molar-refractivity contribution in [2.24, 2.45) is 5.73 Å².